The Morgan fingerprint density at radius 3 is 2.74 bits per heavy atom. The average molecular weight is 432 g/mol. The van der Waals surface area contributed by atoms with Crippen LogP contribution in [0.25, 0.3) is 11.1 Å². The molecule has 10 heteroatoms. The fourth-order valence-corrected chi connectivity index (χ4v) is 4.40. The molecule has 31 heavy (non-hydrogen) atoms. The number of alkyl halides is 2. The van der Waals surface area contributed by atoms with Gasteiger partial charge in [-0.3, -0.25) is 4.79 Å². The zero-order valence-electron chi connectivity index (χ0n) is 18.1. The minimum absolute atomic E-state index is 0.00965. The van der Waals surface area contributed by atoms with E-state index >= 15 is 0 Å². The molecule has 8 nitrogen and oxygen atoms in total. The number of aryl methyl sites for hydroxylation is 3. The number of amides is 1. The highest BCUT2D eigenvalue weighted by atomic mass is 19.3. The highest BCUT2D eigenvalue weighted by Crippen LogP contribution is 2.34. The van der Waals surface area contributed by atoms with E-state index in [0.29, 0.717) is 36.7 Å². The van der Waals surface area contributed by atoms with Gasteiger partial charge in [-0.25, -0.2) is 23.4 Å². The van der Waals surface area contributed by atoms with Crippen molar-refractivity contribution in [2.45, 2.75) is 65.3 Å². The van der Waals surface area contributed by atoms with Crippen molar-refractivity contribution < 1.29 is 18.1 Å². The molecule has 2 atom stereocenters. The van der Waals surface area contributed by atoms with Gasteiger partial charge in [-0.2, -0.15) is 5.10 Å². The van der Waals surface area contributed by atoms with Crippen molar-refractivity contribution in [3.05, 3.63) is 34.7 Å². The summed E-state index contributed by atoms with van der Waals surface area (Å²) in [6.45, 7) is 8.33. The summed E-state index contributed by atoms with van der Waals surface area (Å²) in [5, 5.41) is 8.43. The normalized spacial score (nSPS) is 18.2. The topological polar surface area (TPSA) is 89.9 Å². The van der Waals surface area contributed by atoms with Crippen LogP contribution in [0.1, 0.15) is 73.2 Å². The van der Waals surface area contributed by atoms with Gasteiger partial charge in [0.1, 0.15) is 11.6 Å². The molecule has 0 radical (unpaired) electrons. The van der Waals surface area contributed by atoms with Crippen molar-refractivity contribution in [2.75, 3.05) is 13.1 Å². The van der Waals surface area contributed by atoms with Crippen LogP contribution in [-0.2, 0) is 4.79 Å². The van der Waals surface area contributed by atoms with Crippen molar-refractivity contribution in [1.82, 2.24) is 29.8 Å². The Kier molecular flexibility index (Phi) is 5.72. The first kappa shape index (κ1) is 21.3. The molecular weight excluding hydrogens is 406 g/mol. The lowest BCUT2D eigenvalue weighted by Crippen LogP contribution is -2.40. The first-order valence-corrected chi connectivity index (χ1v) is 10.5. The van der Waals surface area contributed by atoms with Gasteiger partial charge in [-0.15, -0.1) is 0 Å². The van der Waals surface area contributed by atoms with Gasteiger partial charge in [0.2, 0.25) is 5.91 Å². The van der Waals surface area contributed by atoms with Gasteiger partial charge >= 0.3 is 0 Å². The summed E-state index contributed by atoms with van der Waals surface area (Å²) in [4.78, 5) is 23.5. The van der Waals surface area contributed by atoms with Gasteiger partial charge in [-0.1, -0.05) is 5.16 Å². The number of aromatic nitrogens is 5. The largest absolute Gasteiger partial charge is 0.342 e. The molecule has 1 amide bonds. The van der Waals surface area contributed by atoms with Crippen LogP contribution in [0.2, 0.25) is 0 Å². The highest BCUT2D eigenvalue weighted by molar-refractivity contribution is 5.80. The lowest BCUT2D eigenvalue weighted by Gasteiger charge is -2.33. The summed E-state index contributed by atoms with van der Waals surface area (Å²) < 4.78 is 34.3. The molecule has 166 valence electrons. The van der Waals surface area contributed by atoms with E-state index in [1.165, 1.54) is 6.07 Å². The van der Waals surface area contributed by atoms with Crippen molar-refractivity contribution in [3.8, 4) is 0 Å². The van der Waals surface area contributed by atoms with Gasteiger partial charge in [-0.05, 0) is 46.6 Å². The van der Waals surface area contributed by atoms with Gasteiger partial charge in [0.15, 0.2) is 0 Å². The second kappa shape index (κ2) is 8.32. The average Bonchev–Trinajstić information content (AvgIpc) is 3.28. The molecule has 0 spiro atoms. The van der Waals surface area contributed by atoms with Crippen LogP contribution in [0.4, 0.5) is 8.78 Å². The van der Waals surface area contributed by atoms with Gasteiger partial charge in [0.25, 0.3) is 12.1 Å². The molecule has 3 aromatic heterocycles. The standard InChI is InChI=1S/C21H26F2N6O2/c1-11(29-14(4)24-13(3)26-29)8-18(30)28-7-5-6-15(10-28)17-9-16(20(22)23)19-12(2)27-31-21(19)25-17/h9,11,15,20H,5-8,10H2,1-4H3/t11-,15+/m0/s1. The van der Waals surface area contributed by atoms with Crippen LogP contribution in [0.3, 0.4) is 0 Å². The fraction of sp³-hybridized carbons (Fsp3) is 0.571. The van der Waals surface area contributed by atoms with Gasteiger partial charge < -0.3 is 9.42 Å². The summed E-state index contributed by atoms with van der Waals surface area (Å²) in [7, 11) is 0. The van der Waals surface area contributed by atoms with Crippen LogP contribution >= 0.6 is 0 Å². The van der Waals surface area contributed by atoms with Crippen molar-refractivity contribution in [2.24, 2.45) is 0 Å². The molecule has 1 fully saturated rings. The Hall–Kier alpha value is -2.91. The van der Waals surface area contributed by atoms with Crippen molar-refractivity contribution in [3.63, 3.8) is 0 Å². The number of hydrogen-bond donors (Lipinski definition) is 0. The number of carbonyl (C=O) groups excluding carboxylic acids is 1. The number of rotatable bonds is 5. The maximum atomic E-state index is 13.7. The summed E-state index contributed by atoms with van der Waals surface area (Å²) >= 11 is 0. The number of likely N-dealkylation sites (tertiary alicyclic amines) is 1. The molecule has 0 bridgehead atoms. The summed E-state index contributed by atoms with van der Waals surface area (Å²) in [5.41, 5.74) is 0.928. The molecule has 0 N–H and O–H groups in total. The van der Waals surface area contributed by atoms with E-state index in [2.05, 4.69) is 20.2 Å². The lowest BCUT2D eigenvalue weighted by molar-refractivity contribution is -0.133. The Morgan fingerprint density at radius 2 is 2.06 bits per heavy atom. The maximum Gasteiger partial charge on any atom is 0.264 e. The molecule has 4 heterocycles. The third-order valence-electron chi connectivity index (χ3n) is 5.89. The predicted octanol–water partition coefficient (Wildman–Crippen LogP) is 4.03. The Labute approximate surface area is 178 Å². The van der Waals surface area contributed by atoms with Crippen molar-refractivity contribution in [1.29, 1.82) is 0 Å². The Morgan fingerprint density at radius 1 is 1.29 bits per heavy atom. The number of hydrogen-bond acceptors (Lipinski definition) is 6. The van der Waals surface area contributed by atoms with Crippen LogP contribution in [0, 0.1) is 20.8 Å². The smallest absolute Gasteiger partial charge is 0.264 e. The van der Waals surface area contributed by atoms with Gasteiger partial charge in [0, 0.05) is 36.7 Å². The van der Waals surface area contributed by atoms with Crippen molar-refractivity contribution >= 4 is 17.0 Å². The minimum Gasteiger partial charge on any atom is -0.342 e. The second-order valence-corrected chi connectivity index (χ2v) is 8.27. The first-order valence-electron chi connectivity index (χ1n) is 10.5. The van der Waals surface area contributed by atoms with E-state index in [4.69, 9.17) is 4.52 Å². The second-order valence-electron chi connectivity index (χ2n) is 8.27. The number of fused-ring (bicyclic) bond motifs is 1. The molecule has 1 aliphatic heterocycles. The fourth-order valence-electron chi connectivity index (χ4n) is 4.40. The number of carbonyl (C=O) groups is 1. The molecule has 4 rings (SSSR count). The Bertz CT molecular complexity index is 1110. The van der Waals surface area contributed by atoms with E-state index in [9.17, 15) is 13.6 Å². The molecule has 0 unspecified atom stereocenters. The molecular formula is C21H26F2N6O2. The first-order chi connectivity index (χ1) is 14.7. The minimum atomic E-state index is -2.65. The number of piperidine rings is 1. The zero-order valence-corrected chi connectivity index (χ0v) is 18.1. The third kappa shape index (κ3) is 4.15. The van der Waals surface area contributed by atoms with Crippen LogP contribution in [0.15, 0.2) is 10.6 Å². The zero-order chi connectivity index (χ0) is 22.3. The molecule has 0 aromatic carbocycles. The van der Waals surface area contributed by atoms with Crippen LogP contribution in [-0.4, -0.2) is 48.8 Å². The molecule has 1 saturated heterocycles. The maximum absolute atomic E-state index is 13.7. The summed E-state index contributed by atoms with van der Waals surface area (Å²) in [5.74, 6) is 1.33. The molecule has 3 aromatic rings. The van der Waals surface area contributed by atoms with E-state index in [0.717, 1.165) is 18.7 Å². The van der Waals surface area contributed by atoms with Crippen LogP contribution in [0.5, 0.6) is 0 Å². The van der Waals surface area contributed by atoms with E-state index in [-0.39, 0.29) is 34.5 Å². The quantitative estimate of drug-likeness (QED) is 0.605. The third-order valence-corrected chi connectivity index (χ3v) is 5.89. The lowest BCUT2D eigenvalue weighted by atomic mass is 9.92. The highest BCUT2D eigenvalue weighted by Gasteiger charge is 2.29. The van der Waals surface area contributed by atoms with E-state index < -0.39 is 6.43 Å². The molecule has 0 saturated carbocycles. The molecule has 1 aliphatic rings. The van der Waals surface area contributed by atoms with E-state index in [1.807, 2.05) is 20.8 Å². The SMILES string of the molecule is Cc1nc(C)n([C@@H](C)CC(=O)N2CCC[C@@H](c3cc(C(F)F)c4c(C)noc4n3)C2)n1. The summed E-state index contributed by atoms with van der Waals surface area (Å²) in [6.07, 6.45) is -0.800. The van der Waals surface area contributed by atoms with E-state index in [1.54, 1.807) is 16.5 Å². The monoisotopic (exact) mass is 432 g/mol. The Balaban J connectivity index is 1.52. The van der Waals surface area contributed by atoms with Gasteiger partial charge in [0.05, 0.1) is 17.1 Å². The summed E-state index contributed by atoms with van der Waals surface area (Å²) in [6, 6.07) is 1.33. The number of nitrogens with zero attached hydrogens (tertiary/aromatic N) is 6. The number of halogens is 2. The molecule has 0 aliphatic carbocycles. The predicted molar refractivity (Wildman–Crippen MR) is 109 cm³/mol. The van der Waals surface area contributed by atoms with Crippen LogP contribution < -0.4 is 0 Å². The number of pyridine rings is 1.